The van der Waals surface area contributed by atoms with Crippen molar-refractivity contribution in [3.63, 3.8) is 0 Å². The monoisotopic (exact) mass is 280 g/mol. The normalized spacial score (nSPS) is 16.0. The lowest BCUT2D eigenvalue weighted by atomic mass is 9.93. The first-order valence-corrected chi connectivity index (χ1v) is 6.17. The van der Waals surface area contributed by atoms with Crippen LogP contribution in [0.15, 0.2) is 30.3 Å². The van der Waals surface area contributed by atoms with Crippen molar-refractivity contribution in [2.75, 3.05) is 13.1 Å². The molecule has 1 heterocycles. The van der Waals surface area contributed by atoms with Crippen molar-refractivity contribution in [2.45, 2.75) is 18.6 Å². The molecule has 1 saturated heterocycles. The number of carbonyl (C=O) groups excluding carboxylic acids is 1. The van der Waals surface area contributed by atoms with Crippen molar-refractivity contribution in [3.8, 4) is 0 Å². The van der Waals surface area contributed by atoms with E-state index < -0.39 is 17.7 Å². The van der Waals surface area contributed by atoms with Gasteiger partial charge in [0.2, 0.25) is 0 Å². The second-order valence-electron chi connectivity index (χ2n) is 4.62. The molecule has 20 heavy (non-hydrogen) atoms. The number of benzene rings is 1. The van der Waals surface area contributed by atoms with Crippen LogP contribution in [-0.4, -0.2) is 35.9 Å². The van der Waals surface area contributed by atoms with Crippen LogP contribution in [0, 0.1) is 0 Å². The van der Waals surface area contributed by atoms with E-state index in [1.807, 2.05) is 30.3 Å². The summed E-state index contributed by atoms with van der Waals surface area (Å²) in [4.78, 5) is 27.3. The van der Waals surface area contributed by atoms with Crippen molar-refractivity contribution in [1.82, 2.24) is 10.8 Å². The predicted octanol–water partition coefficient (Wildman–Crippen LogP) is 0.661. The summed E-state index contributed by atoms with van der Waals surface area (Å²) in [6.45, 7) is 0.872. The number of hydroxylamine groups is 1. The molecule has 0 bridgehead atoms. The van der Waals surface area contributed by atoms with Gasteiger partial charge in [-0.15, -0.1) is 0 Å². The number of carboxylic acid groups (broad SMARTS) is 1. The number of aliphatic carboxylic acids is 1. The summed E-state index contributed by atoms with van der Waals surface area (Å²) >= 11 is 0. The molecular formula is C13H16N2O5. The zero-order valence-electron chi connectivity index (χ0n) is 10.8. The second-order valence-corrected chi connectivity index (χ2v) is 4.62. The Morgan fingerprint density at radius 3 is 2.55 bits per heavy atom. The fourth-order valence-electron chi connectivity index (χ4n) is 1.82. The van der Waals surface area contributed by atoms with Crippen LogP contribution in [0.2, 0.25) is 0 Å². The highest BCUT2D eigenvalue weighted by Gasteiger charge is 2.41. The molecule has 2 rings (SSSR count). The largest absolute Gasteiger partial charge is 0.481 e. The molecular weight excluding hydrogens is 264 g/mol. The standard InChI is InChI=1S/C13H16N2O5/c16-11(17)6-13(8-14-9-13)20-15-12(18)19-7-10-4-2-1-3-5-10/h1-5,14H,6-9H2,(H,15,18)(H,16,17). The van der Waals surface area contributed by atoms with Crippen LogP contribution in [0.3, 0.4) is 0 Å². The third-order valence-electron chi connectivity index (χ3n) is 2.93. The van der Waals surface area contributed by atoms with Gasteiger partial charge in [0, 0.05) is 13.1 Å². The maximum absolute atomic E-state index is 11.5. The minimum atomic E-state index is -0.981. The van der Waals surface area contributed by atoms with E-state index in [1.165, 1.54) is 0 Å². The zero-order chi connectivity index (χ0) is 14.4. The fourth-order valence-corrected chi connectivity index (χ4v) is 1.82. The number of hydrogen-bond donors (Lipinski definition) is 3. The maximum atomic E-state index is 11.5. The van der Waals surface area contributed by atoms with Gasteiger partial charge in [-0.25, -0.2) is 4.79 Å². The van der Waals surface area contributed by atoms with Crippen molar-refractivity contribution in [1.29, 1.82) is 0 Å². The van der Waals surface area contributed by atoms with Gasteiger partial charge in [0.1, 0.15) is 12.2 Å². The lowest BCUT2D eigenvalue weighted by Gasteiger charge is -2.39. The Balaban J connectivity index is 1.73. The van der Waals surface area contributed by atoms with Gasteiger partial charge in [0.25, 0.3) is 0 Å². The predicted molar refractivity (Wildman–Crippen MR) is 68.7 cm³/mol. The summed E-state index contributed by atoms with van der Waals surface area (Å²) in [5.74, 6) is -0.981. The topological polar surface area (TPSA) is 96.9 Å². The molecule has 1 aromatic rings. The highest BCUT2D eigenvalue weighted by Crippen LogP contribution is 2.19. The van der Waals surface area contributed by atoms with Gasteiger partial charge in [-0.2, -0.15) is 5.48 Å². The summed E-state index contributed by atoms with van der Waals surface area (Å²) in [7, 11) is 0. The Labute approximate surface area is 115 Å². The Morgan fingerprint density at radius 1 is 1.30 bits per heavy atom. The average molecular weight is 280 g/mol. The lowest BCUT2D eigenvalue weighted by molar-refractivity contribution is -0.160. The Morgan fingerprint density at radius 2 is 2.00 bits per heavy atom. The van der Waals surface area contributed by atoms with Gasteiger partial charge < -0.3 is 15.2 Å². The third kappa shape index (κ3) is 3.94. The molecule has 7 heteroatoms. The molecule has 0 saturated carbocycles. The van der Waals surface area contributed by atoms with E-state index in [0.29, 0.717) is 13.1 Å². The fraction of sp³-hybridized carbons (Fsp3) is 0.385. The molecule has 0 radical (unpaired) electrons. The smallest absolute Gasteiger partial charge is 0.431 e. The molecule has 0 atom stereocenters. The number of nitrogens with one attached hydrogen (secondary N) is 2. The van der Waals surface area contributed by atoms with Gasteiger partial charge in [-0.05, 0) is 5.56 Å². The Kier molecular flexibility index (Phi) is 4.54. The second kappa shape index (κ2) is 6.36. The molecule has 1 aromatic carbocycles. The maximum Gasteiger partial charge on any atom is 0.431 e. The van der Waals surface area contributed by atoms with Gasteiger partial charge in [0.15, 0.2) is 0 Å². The van der Waals surface area contributed by atoms with Crippen molar-refractivity contribution >= 4 is 12.1 Å². The summed E-state index contributed by atoms with van der Waals surface area (Å²) in [5, 5.41) is 11.7. The molecule has 108 valence electrons. The first-order valence-electron chi connectivity index (χ1n) is 6.17. The van der Waals surface area contributed by atoms with Crippen LogP contribution >= 0.6 is 0 Å². The number of ether oxygens (including phenoxy) is 1. The SMILES string of the molecule is O=C(O)CC1(ONC(=O)OCc2ccccc2)CNC1. The van der Waals surface area contributed by atoms with E-state index in [1.54, 1.807) is 0 Å². The highest BCUT2D eigenvalue weighted by molar-refractivity contribution is 5.69. The molecule has 7 nitrogen and oxygen atoms in total. The molecule has 1 aliphatic rings. The van der Waals surface area contributed by atoms with E-state index in [2.05, 4.69) is 10.8 Å². The molecule has 0 unspecified atom stereocenters. The Bertz CT molecular complexity index is 473. The average Bonchev–Trinajstić information content (AvgIpc) is 2.40. The van der Waals surface area contributed by atoms with E-state index in [9.17, 15) is 9.59 Å². The van der Waals surface area contributed by atoms with E-state index in [0.717, 1.165) is 5.56 Å². The summed E-state index contributed by atoms with van der Waals surface area (Å²) < 4.78 is 4.95. The summed E-state index contributed by atoms with van der Waals surface area (Å²) in [6.07, 6.45) is -0.926. The summed E-state index contributed by atoms with van der Waals surface area (Å²) in [5.41, 5.74) is 2.10. The number of amides is 1. The summed E-state index contributed by atoms with van der Waals surface area (Å²) in [6, 6.07) is 9.21. The van der Waals surface area contributed by atoms with E-state index >= 15 is 0 Å². The lowest BCUT2D eigenvalue weighted by Crippen LogP contribution is -2.64. The van der Waals surface area contributed by atoms with Crippen LogP contribution in [0.5, 0.6) is 0 Å². The molecule has 1 amide bonds. The van der Waals surface area contributed by atoms with Crippen LogP contribution in [0.25, 0.3) is 0 Å². The van der Waals surface area contributed by atoms with E-state index in [-0.39, 0.29) is 13.0 Å². The zero-order valence-corrected chi connectivity index (χ0v) is 10.8. The van der Waals surface area contributed by atoms with Gasteiger partial charge in [-0.1, -0.05) is 30.3 Å². The van der Waals surface area contributed by atoms with Crippen LogP contribution in [0.4, 0.5) is 4.79 Å². The quantitative estimate of drug-likeness (QED) is 0.662. The molecule has 0 aliphatic carbocycles. The molecule has 3 N–H and O–H groups in total. The molecule has 0 aromatic heterocycles. The first-order chi connectivity index (χ1) is 9.60. The van der Waals surface area contributed by atoms with Gasteiger partial charge >= 0.3 is 12.1 Å². The van der Waals surface area contributed by atoms with Crippen LogP contribution < -0.4 is 10.8 Å². The minimum Gasteiger partial charge on any atom is -0.481 e. The molecule has 0 spiro atoms. The van der Waals surface area contributed by atoms with Crippen LogP contribution in [-0.2, 0) is 21.0 Å². The first kappa shape index (κ1) is 14.3. The number of carboxylic acids is 1. The van der Waals surface area contributed by atoms with Gasteiger partial charge in [-0.3, -0.25) is 9.63 Å². The highest BCUT2D eigenvalue weighted by atomic mass is 16.7. The Hall–Kier alpha value is -2.12. The van der Waals surface area contributed by atoms with Crippen molar-refractivity contribution in [3.05, 3.63) is 35.9 Å². The van der Waals surface area contributed by atoms with Crippen molar-refractivity contribution in [2.24, 2.45) is 0 Å². The van der Waals surface area contributed by atoms with Crippen LogP contribution in [0.1, 0.15) is 12.0 Å². The molecule has 1 aliphatic heterocycles. The minimum absolute atomic E-state index is 0.125. The third-order valence-corrected chi connectivity index (χ3v) is 2.93. The number of carbonyl (C=O) groups is 2. The molecule has 1 fully saturated rings. The van der Waals surface area contributed by atoms with Crippen molar-refractivity contribution < 1.29 is 24.3 Å². The van der Waals surface area contributed by atoms with Gasteiger partial charge in [0.05, 0.1) is 6.42 Å². The number of rotatable bonds is 6. The number of hydrogen-bond acceptors (Lipinski definition) is 5. The van der Waals surface area contributed by atoms with E-state index in [4.69, 9.17) is 14.7 Å².